The van der Waals surface area contributed by atoms with Gasteiger partial charge in [0.05, 0.1) is 5.69 Å². The van der Waals surface area contributed by atoms with Gasteiger partial charge in [-0.2, -0.15) is 13.2 Å². The van der Waals surface area contributed by atoms with E-state index in [4.69, 9.17) is 5.11 Å². The Balaban J connectivity index is 2.55. The van der Waals surface area contributed by atoms with E-state index in [0.717, 1.165) is 6.07 Å². The fourth-order valence-corrected chi connectivity index (χ4v) is 0.927. The van der Waals surface area contributed by atoms with Crippen molar-refractivity contribution in [3.63, 3.8) is 0 Å². The zero-order chi connectivity index (χ0) is 11.5. The van der Waals surface area contributed by atoms with Crippen molar-refractivity contribution in [2.24, 2.45) is 0 Å². The van der Waals surface area contributed by atoms with Crippen molar-refractivity contribution < 1.29 is 22.7 Å². The minimum absolute atomic E-state index is 0.0687. The molecule has 2 nitrogen and oxygen atoms in total. The molecule has 84 valence electrons. The Kier molecular flexibility index (Phi) is 3.52. The predicted molar refractivity (Wildman–Crippen MR) is 47.0 cm³/mol. The highest BCUT2D eigenvalue weighted by Gasteiger charge is 2.37. The number of halogens is 4. The third-order valence-corrected chi connectivity index (χ3v) is 1.74. The van der Waals surface area contributed by atoms with Gasteiger partial charge in [-0.15, -0.1) is 0 Å². The van der Waals surface area contributed by atoms with Gasteiger partial charge < -0.3 is 10.4 Å². The Morgan fingerprint density at radius 3 is 2.40 bits per heavy atom. The summed E-state index contributed by atoms with van der Waals surface area (Å²) in [6.45, 7) is -0.773. The van der Waals surface area contributed by atoms with Crippen LogP contribution < -0.4 is 5.32 Å². The summed E-state index contributed by atoms with van der Waals surface area (Å²) in [5.41, 5.74) is -0.0687. The lowest BCUT2D eigenvalue weighted by Gasteiger charge is -2.15. The van der Waals surface area contributed by atoms with Gasteiger partial charge in [-0.3, -0.25) is 0 Å². The first-order valence-electron chi connectivity index (χ1n) is 4.14. The molecule has 0 saturated heterocycles. The minimum Gasteiger partial charge on any atom is -0.382 e. The van der Waals surface area contributed by atoms with Crippen LogP contribution in [0.5, 0.6) is 0 Å². The minimum atomic E-state index is -4.70. The van der Waals surface area contributed by atoms with Crippen LogP contribution in [0.15, 0.2) is 24.3 Å². The molecule has 6 heteroatoms. The number of nitrogens with one attached hydrogen (secondary N) is 1. The molecule has 1 aromatic rings. The quantitative estimate of drug-likeness (QED) is 0.769. The molecule has 0 aliphatic carbocycles. The second-order valence-corrected chi connectivity index (χ2v) is 2.92. The van der Waals surface area contributed by atoms with Gasteiger partial charge in [-0.05, 0) is 12.1 Å². The van der Waals surface area contributed by atoms with Gasteiger partial charge in [0.15, 0.2) is 6.10 Å². The smallest absolute Gasteiger partial charge is 0.382 e. The van der Waals surface area contributed by atoms with Gasteiger partial charge in [-0.1, -0.05) is 12.1 Å². The molecule has 0 saturated carbocycles. The predicted octanol–water partition coefficient (Wildman–Crippen LogP) is 2.16. The fraction of sp³-hybridized carbons (Fsp3) is 0.333. The van der Waals surface area contributed by atoms with Crippen molar-refractivity contribution in [2.45, 2.75) is 12.3 Å². The molecule has 0 aliphatic heterocycles. The molecule has 1 rings (SSSR count). The summed E-state index contributed by atoms with van der Waals surface area (Å²) in [5, 5.41) is 10.8. The topological polar surface area (TPSA) is 32.3 Å². The summed E-state index contributed by atoms with van der Waals surface area (Å²) in [4.78, 5) is 0. The van der Waals surface area contributed by atoms with Crippen LogP contribution >= 0.6 is 0 Å². The van der Waals surface area contributed by atoms with E-state index in [0.29, 0.717) is 0 Å². The molecule has 0 radical (unpaired) electrons. The molecular weight excluding hydrogens is 214 g/mol. The standard InChI is InChI=1S/C9H9F4NO/c10-6-3-1-2-4-7(6)14-5-8(15)9(11,12)13/h1-4,8,14-15H,5H2. The Bertz CT molecular complexity index is 326. The summed E-state index contributed by atoms with van der Waals surface area (Å²) in [6, 6.07) is 5.30. The van der Waals surface area contributed by atoms with Crippen molar-refractivity contribution in [1.29, 1.82) is 0 Å². The van der Waals surface area contributed by atoms with E-state index in [1.807, 2.05) is 0 Å². The number of benzene rings is 1. The molecule has 2 N–H and O–H groups in total. The van der Waals surface area contributed by atoms with E-state index in [9.17, 15) is 17.6 Å². The zero-order valence-electron chi connectivity index (χ0n) is 7.55. The number of hydrogen-bond donors (Lipinski definition) is 2. The van der Waals surface area contributed by atoms with E-state index in [1.54, 1.807) is 0 Å². The summed E-state index contributed by atoms with van der Waals surface area (Å²) < 4.78 is 48.5. The largest absolute Gasteiger partial charge is 0.416 e. The van der Waals surface area contributed by atoms with Crippen LogP contribution in [-0.2, 0) is 0 Å². The van der Waals surface area contributed by atoms with E-state index < -0.39 is 24.6 Å². The number of rotatable bonds is 3. The summed E-state index contributed by atoms with van der Waals surface area (Å²) >= 11 is 0. The number of aliphatic hydroxyl groups is 1. The molecular formula is C9H9F4NO. The van der Waals surface area contributed by atoms with Crippen LogP contribution in [0.25, 0.3) is 0 Å². The first kappa shape index (κ1) is 11.8. The maximum Gasteiger partial charge on any atom is 0.416 e. The molecule has 1 unspecified atom stereocenters. The van der Waals surface area contributed by atoms with Crippen LogP contribution in [-0.4, -0.2) is 23.9 Å². The third kappa shape index (κ3) is 3.39. The van der Waals surface area contributed by atoms with Crippen molar-refractivity contribution in [2.75, 3.05) is 11.9 Å². The van der Waals surface area contributed by atoms with Crippen LogP contribution in [0.3, 0.4) is 0 Å². The Morgan fingerprint density at radius 2 is 1.87 bits per heavy atom. The molecule has 15 heavy (non-hydrogen) atoms. The number of hydrogen-bond acceptors (Lipinski definition) is 2. The number of aliphatic hydroxyl groups excluding tert-OH is 1. The number of anilines is 1. The van der Waals surface area contributed by atoms with Crippen molar-refractivity contribution in [3.05, 3.63) is 30.1 Å². The maximum atomic E-state index is 12.9. The SMILES string of the molecule is OC(CNc1ccccc1F)C(F)(F)F. The Morgan fingerprint density at radius 1 is 1.27 bits per heavy atom. The summed E-state index contributed by atoms with van der Waals surface area (Å²) in [6.07, 6.45) is -7.20. The van der Waals surface area contributed by atoms with Gasteiger partial charge in [0, 0.05) is 6.54 Å². The third-order valence-electron chi connectivity index (χ3n) is 1.74. The lowest BCUT2D eigenvalue weighted by atomic mass is 10.3. The van der Waals surface area contributed by atoms with Gasteiger partial charge in [0.2, 0.25) is 0 Å². The van der Waals surface area contributed by atoms with Crippen molar-refractivity contribution in [1.82, 2.24) is 0 Å². The monoisotopic (exact) mass is 223 g/mol. The fourth-order valence-electron chi connectivity index (χ4n) is 0.927. The van der Waals surface area contributed by atoms with Gasteiger partial charge >= 0.3 is 6.18 Å². The van der Waals surface area contributed by atoms with E-state index in [2.05, 4.69) is 5.32 Å². The van der Waals surface area contributed by atoms with Gasteiger partial charge in [-0.25, -0.2) is 4.39 Å². The highest BCUT2D eigenvalue weighted by atomic mass is 19.4. The second kappa shape index (κ2) is 4.48. The van der Waals surface area contributed by atoms with Crippen LogP contribution in [0.1, 0.15) is 0 Å². The first-order valence-corrected chi connectivity index (χ1v) is 4.14. The molecule has 1 atom stereocenters. The van der Waals surface area contributed by atoms with Crippen LogP contribution in [0, 0.1) is 5.82 Å². The molecule has 0 heterocycles. The van der Waals surface area contributed by atoms with Gasteiger partial charge in [0.1, 0.15) is 5.82 Å². The lowest BCUT2D eigenvalue weighted by Crippen LogP contribution is -2.35. The zero-order valence-corrected chi connectivity index (χ0v) is 7.55. The van der Waals surface area contributed by atoms with Crippen LogP contribution in [0.4, 0.5) is 23.2 Å². The Hall–Kier alpha value is -1.30. The lowest BCUT2D eigenvalue weighted by molar-refractivity contribution is -0.198. The molecule has 0 fully saturated rings. The number of para-hydroxylation sites is 1. The van der Waals surface area contributed by atoms with E-state index in [1.165, 1.54) is 18.2 Å². The highest BCUT2D eigenvalue weighted by molar-refractivity contribution is 5.44. The van der Waals surface area contributed by atoms with Crippen molar-refractivity contribution >= 4 is 5.69 Å². The summed E-state index contributed by atoms with van der Waals surface area (Å²) in [5.74, 6) is -0.660. The van der Waals surface area contributed by atoms with E-state index >= 15 is 0 Å². The Labute approximate surface area is 83.5 Å². The van der Waals surface area contributed by atoms with Crippen molar-refractivity contribution in [3.8, 4) is 0 Å². The summed E-state index contributed by atoms with van der Waals surface area (Å²) in [7, 11) is 0. The second-order valence-electron chi connectivity index (χ2n) is 2.92. The molecule has 0 bridgehead atoms. The van der Waals surface area contributed by atoms with Gasteiger partial charge in [0.25, 0.3) is 0 Å². The first-order chi connectivity index (χ1) is 6.91. The van der Waals surface area contributed by atoms with E-state index in [-0.39, 0.29) is 5.69 Å². The highest BCUT2D eigenvalue weighted by Crippen LogP contribution is 2.21. The normalized spacial score (nSPS) is 13.7. The molecule has 0 aromatic heterocycles. The average molecular weight is 223 g/mol. The molecule has 0 spiro atoms. The maximum absolute atomic E-state index is 12.9. The number of alkyl halides is 3. The molecule has 0 amide bonds. The van der Waals surface area contributed by atoms with Crippen LogP contribution in [0.2, 0.25) is 0 Å². The molecule has 0 aliphatic rings. The molecule has 1 aromatic carbocycles. The average Bonchev–Trinajstić information content (AvgIpc) is 2.14.